The molecule has 1 aromatic heterocycles. The summed E-state index contributed by atoms with van der Waals surface area (Å²) in [6, 6.07) is 4.59. The Morgan fingerprint density at radius 3 is 3.00 bits per heavy atom. The Kier molecular flexibility index (Phi) is 3.61. The van der Waals surface area contributed by atoms with E-state index in [1.807, 2.05) is 6.07 Å². The molecule has 4 heteroatoms. The number of carbonyl (C=O) groups excluding carboxylic acids is 1. The van der Waals surface area contributed by atoms with Gasteiger partial charge in [-0.1, -0.05) is 0 Å². The van der Waals surface area contributed by atoms with E-state index in [1.165, 1.54) is 17.8 Å². The molecule has 1 aliphatic heterocycles. The van der Waals surface area contributed by atoms with Crippen molar-refractivity contribution in [2.24, 2.45) is 0 Å². The Balaban J connectivity index is 2.09. The van der Waals surface area contributed by atoms with Crippen molar-refractivity contribution in [3.63, 3.8) is 0 Å². The molecule has 1 atom stereocenters. The van der Waals surface area contributed by atoms with E-state index < -0.39 is 0 Å². The molecule has 3 nitrogen and oxygen atoms in total. The molecule has 1 aromatic rings. The summed E-state index contributed by atoms with van der Waals surface area (Å²) in [6.07, 6.45) is 3.45. The highest BCUT2D eigenvalue weighted by Gasteiger charge is 2.25. The van der Waals surface area contributed by atoms with Gasteiger partial charge in [0.25, 0.3) is 0 Å². The summed E-state index contributed by atoms with van der Waals surface area (Å²) in [5, 5.41) is 1.24. The van der Waals surface area contributed by atoms with Gasteiger partial charge in [-0.25, -0.2) is 0 Å². The molecule has 88 valence electrons. The zero-order valence-corrected chi connectivity index (χ0v) is 10.7. The van der Waals surface area contributed by atoms with E-state index in [-0.39, 0.29) is 0 Å². The number of aldehydes is 1. The lowest BCUT2D eigenvalue weighted by atomic mass is 10.2. The van der Waals surface area contributed by atoms with Crippen LogP contribution in [0, 0.1) is 0 Å². The van der Waals surface area contributed by atoms with E-state index in [2.05, 4.69) is 30.0 Å². The molecule has 0 aromatic carbocycles. The molecule has 0 N–H and O–H groups in total. The van der Waals surface area contributed by atoms with Crippen molar-refractivity contribution < 1.29 is 4.79 Å². The fraction of sp³-hybridized carbons (Fsp3) is 0.583. The maximum Gasteiger partial charge on any atom is 0.160 e. The van der Waals surface area contributed by atoms with Crippen LogP contribution in [0.3, 0.4) is 0 Å². The van der Waals surface area contributed by atoms with E-state index in [9.17, 15) is 4.79 Å². The lowest BCUT2D eigenvalue weighted by Gasteiger charge is -2.27. The topological polar surface area (TPSA) is 23.6 Å². The van der Waals surface area contributed by atoms with Crippen molar-refractivity contribution in [1.82, 2.24) is 4.90 Å². The first kappa shape index (κ1) is 11.6. The van der Waals surface area contributed by atoms with Crippen LogP contribution in [-0.4, -0.2) is 44.4 Å². The smallest absolute Gasteiger partial charge is 0.160 e. The fourth-order valence-electron chi connectivity index (χ4n) is 2.30. The lowest BCUT2D eigenvalue weighted by molar-refractivity contribution is 0.112. The number of hydrogen-bond donors (Lipinski definition) is 0. The van der Waals surface area contributed by atoms with Crippen LogP contribution in [0.4, 0.5) is 5.00 Å². The van der Waals surface area contributed by atoms with Crippen LogP contribution in [0.25, 0.3) is 0 Å². The average Bonchev–Trinajstić information content (AvgIpc) is 2.84. The van der Waals surface area contributed by atoms with Gasteiger partial charge >= 0.3 is 0 Å². The maximum absolute atomic E-state index is 10.7. The first-order valence-electron chi connectivity index (χ1n) is 5.67. The summed E-state index contributed by atoms with van der Waals surface area (Å²) in [5.41, 5.74) is 0. The molecule has 2 heterocycles. The number of nitrogens with zero attached hydrogens (tertiary/aromatic N) is 2. The van der Waals surface area contributed by atoms with Gasteiger partial charge in [-0.3, -0.25) is 4.79 Å². The largest absolute Gasteiger partial charge is 0.359 e. The first-order valence-corrected chi connectivity index (χ1v) is 6.48. The molecule has 0 amide bonds. The van der Waals surface area contributed by atoms with Crippen molar-refractivity contribution in [2.75, 3.05) is 32.1 Å². The lowest BCUT2D eigenvalue weighted by Crippen LogP contribution is -2.37. The molecule has 1 aliphatic rings. The van der Waals surface area contributed by atoms with Crippen LogP contribution >= 0.6 is 11.3 Å². The summed E-state index contributed by atoms with van der Waals surface area (Å²) in [7, 11) is 4.23. The first-order chi connectivity index (χ1) is 7.70. The van der Waals surface area contributed by atoms with E-state index in [0.717, 1.165) is 24.3 Å². The summed E-state index contributed by atoms with van der Waals surface area (Å²) >= 11 is 1.60. The van der Waals surface area contributed by atoms with Gasteiger partial charge in [0.1, 0.15) is 0 Å². The molecule has 0 aliphatic carbocycles. The second-order valence-electron chi connectivity index (χ2n) is 4.55. The van der Waals surface area contributed by atoms with Crippen LogP contribution in [0.5, 0.6) is 0 Å². The molecule has 0 spiro atoms. The normalized spacial score (nSPS) is 20.7. The van der Waals surface area contributed by atoms with Crippen molar-refractivity contribution in [1.29, 1.82) is 0 Å². The average molecular weight is 238 g/mol. The highest BCUT2D eigenvalue weighted by Crippen LogP contribution is 2.31. The van der Waals surface area contributed by atoms with Crippen molar-refractivity contribution >= 4 is 22.6 Å². The molecule has 2 rings (SSSR count). The van der Waals surface area contributed by atoms with Gasteiger partial charge in [0, 0.05) is 19.1 Å². The van der Waals surface area contributed by atoms with Crippen molar-refractivity contribution in [2.45, 2.75) is 18.9 Å². The predicted molar refractivity (Wildman–Crippen MR) is 68.6 cm³/mol. The van der Waals surface area contributed by atoms with Crippen molar-refractivity contribution in [3.05, 3.63) is 17.0 Å². The Morgan fingerprint density at radius 2 is 2.38 bits per heavy atom. The van der Waals surface area contributed by atoms with E-state index in [0.29, 0.717) is 6.04 Å². The SMILES string of the molecule is CN(C)CC1CCCN1c1ccc(C=O)s1. The Bertz CT molecular complexity index is 362. The Labute approximate surface area is 101 Å². The Morgan fingerprint density at radius 1 is 1.56 bits per heavy atom. The van der Waals surface area contributed by atoms with Crippen LogP contribution in [-0.2, 0) is 0 Å². The van der Waals surface area contributed by atoms with Crippen LogP contribution in [0.1, 0.15) is 22.5 Å². The molecule has 0 saturated carbocycles. The third-order valence-electron chi connectivity index (χ3n) is 2.96. The Hall–Kier alpha value is -0.870. The van der Waals surface area contributed by atoms with Gasteiger partial charge in [-0.15, -0.1) is 11.3 Å². The summed E-state index contributed by atoms with van der Waals surface area (Å²) < 4.78 is 0. The second kappa shape index (κ2) is 4.97. The van der Waals surface area contributed by atoms with Gasteiger partial charge in [0.2, 0.25) is 0 Å². The van der Waals surface area contributed by atoms with E-state index in [1.54, 1.807) is 11.3 Å². The van der Waals surface area contributed by atoms with Crippen molar-refractivity contribution in [3.8, 4) is 0 Å². The van der Waals surface area contributed by atoms with Gasteiger partial charge < -0.3 is 9.80 Å². The third-order valence-corrected chi connectivity index (χ3v) is 4.01. The molecular formula is C12H18N2OS. The quantitative estimate of drug-likeness (QED) is 0.750. The van der Waals surface area contributed by atoms with E-state index >= 15 is 0 Å². The third kappa shape index (κ3) is 2.44. The molecule has 0 bridgehead atoms. The minimum atomic E-state index is 0.605. The minimum Gasteiger partial charge on any atom is -0.359 e. The summed E-state index contributed by atoms with van der Waals surface area (Å²) in [5.74, 6) is 0. The molecular weight excluding hydrogens is 220 g/mol. The van der Waals surface area contributed by atoms with E-state index in [4.69, 9.17) is 0 Å². The minimum absolute atomic E-state index is 0.605. The standard InChI is InChI=1S/C12H18N2OS/c1-13(2)8-10-4-3-7-14(10)12-6-5-11(9-15)16-12/h5-6,9-10H,3-4,7-8H2,1-2H3. The number of hydrogen-bond acceptors (Lipinski definition) is 4. The highest BCUT2D eigenvalue weighted by atomic mass is 32.1. The van der Waals surface area contributed by atoms with Gasteiger partial charge in [0.15, 0.2) is 6.29 Å². The number of thiophene rings is 1. The fourth-order valence-corrected chi connectivity index (χ4v) is 3.22. The highest BCUT2D eigenvalue weighted by molar-refractivity contribution is 7.17. The van der Waals surface area contributed by atoms with Gasteiger partial charge in [0.05, 0.1) is 9.88 Å². The summed E-state index contributed by atoms with van der Waals surface area (Å²) in [4.78, 5) is 16.2. The molecule has 16 heavy (non-hydrogen) atoms. The zero-order valence-electron chi connectivity index (χ0n) is 9.85. The summed E-state index contributed by atoms with van der Waals surface area (Å²) in [6.45, 7) is 2.21. The molecule has 1 fully saturated rings. The van der Waals surface area contributed by atoms with Gasteiger partial charge in [-0.05, 0) is 39.1 Å². The number of carbonyl (C=O) groups is 1. The monoisotopic (exact) mass is 238 g/mol. The maximum atomic E-state index is 10.7. The number of rotatable bonds is 4. The predicted octanol–water partition coefficient (Wildman–Crippen LogP) is 2.09. The zero-order chi connectivity index (χ0) is 11.5. The number of likely N-dealkylation sites (N-methyl/N-ethyl adjacent to an activating group) is 1. The molecule has 1 saturated heterocycles. The van der Waals surface area contributed by atoms with Crippen LogP contribution in [0.15, 0.2) is 12.1 Å². The second-order valence-corrected chi connectivity index (χ2v) is 5.64. The number of anilines is 1. The van der Waals surface area contributed by atoms with Gasteiger partial charge in [-0.2, -0.15) is 0 Å². The molecule has 1 unspecified atom stereocenters. The molecule has 0 radical (unpaired) electrons. The van der Waals surface area contributed by atoms with Crippen LogP contribution in [0.2, 0.25) is 0 Å². The van der Waals surface area contributed by atoms with Crippen LogP contribution < -0.4 is 4.90 Å².